The fraction of sp³-hybridized carbons (Fsp3) is 0.342. The van der Waals surface area contributed by atoms with E-state index in [1.54, 1.807) is 36.1 Å². The number of benzene rings is 3. The summed E-state index contributed by atoms with van der Waals surface area (Å²) < 4.78 is 95.4. The molecule has 7 rings (SSSR count). The van der Waals surface area contributed by atoms with E-state index in [0.717, 1.165) is 23.9 Å². The topological polar surface area (TPSA) is 101 Å². The Kier molecular flexibility index (Phi) is 9.14. The number of halogens is 6. The molecule has 4 aromatic rings. The van der Waals surface area contributed by atoms with Crippen molar-refractivity contribution < 1.29 is 45.8 Å². The average Bonchev–Trinajstić information content (AvgIpc) is 3.90. The minimum atomic E-state index is -4.98. The number of hydrogen-bond donors (Lipinski definition) is 2. The van der Waals surface area contributed by atoms with Crippen LogP contribution in [0.5, 0.6) is 11.5 Å². The number of pyridine rings is 1. The SMILES string of the molecule is Cc1cccc2c1-c1cc(C3CC3)c(F)c(c1)[C@H](CC(=O)O)NC(=O)[C@@H](n1cc(CCN3CC(F)C3)c(C(F)(F)F)cc1=O)c1cc(ccc1F)O2. The molecule has 1 aliphatic carbocycles. The largest absolute Gasteiger partial charge is 0.481 e. The van der Waals surface area contributed by atoms with Gasteiger partial charge in [-0.15, -0.1) is 0 Å². The molecule has 1 amide bonds. The van der Waals surface area contributed by atoms with E-state index in [0.29, 0.717) is 40.2 Å². The van der Waals surface area contributed by atoms with Crippen molar-refractivity contribution in [2.45, 2.75) is 63.0 Å². The molecule has 2 fully saturated rings. The normalized spacial score (nSPS) is 19.3. The Bertz CT molecular complexity index is 2140. The summed E-state index contributed by atoms with van der Waals surface area (Å²) in [5, 5.41) is 12.4. The van der Waals surface area contributed by atoms with E-state index in [1.807, 2.05) is 0 Å². The smallest absolute Gasteiger partial charge is 0.416 e. The van der Waals surface area contributed by atoms with Gasteiger partial charge in [-0.3, -0.25) is 23.9 Å². The summed E-state index contributed by atoms with van der Waals surface area (Å²) >= 11 is 0. The number of aryl methyl sites for hydroxylation is 1. The highest BCUT2D eigenvalue weighted by molar-refractivity contribution is 5.85. The third-order valence-electron chi connectivity index (χ3n) is 9.83. The van der Waals surface area contributed by atoms with Crippen molar-refractivity contribution in [2.75, 3.05) is 19.6 Å². The molecule has 0 spiro atoms. The van der Waals surface area contributed by atoms with E-state index < -0.39 is 76.6 Å². The predicted molar refractivity (Wildman–Crippen MR) is 177 cm³/mol. The number of nitrogens with one attached hydrogen (secondary N) is 1. The van der Waals surface area contributed by atoms with Gasteiger partial charge in [0.15, 0.2) is 0 Å². The van der Waals surface area contributed by atoms with Gasteiger partial charge in [0.05, 0.1) is 18.0 Å². The lowest BCUT2D eigenvalue weighted by Gasteiger charge is -2.34. The molecule has 272 valence electrons. The van der Waals surface area contributed by atoms with Gasteiger partial charge in [0, 0.05) is 48.6 Å². The van der Waals surface area contributed by atoms with E-state index in [1.165, 1.54) is 12.1 Å². The molecule has 3 heterocycles. The van der Waals surface area contributed by atoms with Gasteiger partial charge in [-0.25, -0.2) is 13.2 Å². The van der Waals surface area contributed by atoms with Crippen molar-refractivity contribution >= 4 is 11.9 Å². The van der Waals surface area contributed by atoms with Crippen LogP contribution < -0.4 is 15.6 Å². The third kappa shape index (κ3) is 6.91. The maximum absolute atomic E-state index is 16.4. The number of nitrogens with zero attached hydrogens (tertiary/aromatic N) is 2. The lowest BCUT2D eigenvalue weighted by Crippen LogP contribution is -2.49. The van der Waals surface area contributed by atoms with Gasteiger partial charge < -0.3 is 15.2 Å². The molecule has 0 radical (unpaired) electrons. The first-order valence-corrected chi connectivity index (χ1v) is 16.8. The summed E-state index contributed by atoms with van der Waals surface area (Å²) in [6.07, 6.45) is -5.00. The molecule has 4 bridgehead atoms. The second-order valence-corrected chi connectivity index (χ2v) is 13.6. The maximum atomic E-state index is 16.4. The average molecular weight is 726 g/mol. The summed E-state index contributed by atoms with van der Waals surface area (Å²) in [6, 6.07) is 8.41. The minimum Gasteiger partial charge on any atom is -0.481 e. The van der Waals surface area contributed by atoms with Crippen LogP contribution in [0.3, 0.4) is 0 Å². The summed E-state index contributed by atoms with van der Waals surface area (Å²) in [5.74, 6) is -4.20. The number of carbonyl (C=O) groups is 2. The number of amides is 1. The molecule has 0 unspecified atom stereocenters. The monoisotopic (exact) mass is 725 g/mol. The number of hydrogen-bond acceptors (Lipinski definition) is 5. The number of aliphatic carboxylic acids is 1. The minimum absolute atomic E-state index is 0.00864. The predicted octanol–water partition coefficient (Wildman–Crippen LogP) is 7.22. The molecule has 52 heavy (non-hydrogen) atoms. The van der Waals surface area contributed by atoms with E-state index in [9.17, 15) is 37.1 Å². The Balaban J connectivity index is 1.44. The third-order valence-corrected chi connectivity index (χ3v) is 9.83. The van der Waals surface area contributed by atoms with E-state index in [2.05, 4.69) is 5.32 Å². The standard InChI is InChI=1S/C38H33F6N3O5/c1-19-3-2-4-31-34(19)22-11-25(20-5-6-20)35(41)27(12-22)30(15-33(49)50)45-37(51)36(26-13-24(52-31)7-8-29(26)40)47-16-21(9-10-46-17-23(39)18-46)28(14-32(47)48)38(42,43)44/h2-4,7-8,11-14,16,20,23,30,36H,5-6,9-10,15,17-18H2,1H3,(H,45,51)(H,49,50)/t30-,36-/m0/s1. The van der Waals surface area contributed by atoms with Crippen LogP contribution in [0.4, 0.5) is 26.3 Å². The Labute approximate surface area is 293 Å². The lowest BCUT2D eigenvalue weighted by molar-refractivity contribution is -0.139. The van der Waals surface area contributed by atoms with Crippen LogP contribution in [-0.2, 0) is 22.2 Å². The van der Waals surface area contributed by atoms with Crippen LogP contribution in [0.15, 0.2) is 65.6 Å². The second kappa shape index (κ2) is 13.5. The van der Waals surface area contributed by atoms with Gasteiger partial charge in [-0.2, -0.15) is 13.2 Å². The lowest BCUT2D eigenvalue weighted by atomic mass is 9.90. The molecule has 8 nitrogen and oxygen atoms in total. The van der Waals surface area contributed by atoms with Gasteiger partial charge in [0.2, 0.25) is 5.91 Å². The Hall–Kier alpha value is -5.11. The molecule has 1 saturated heterocycles. The highest BCUT2D eigenvalue weighted by atomic mass is 19.4. The molecular weight excluding hydrogens is 692 g/mol. The van der Waals surface area contributed by atoms with Gasteiger partial charge >= 0.3 is 12.1 Å². The van der Waals surface area contributed by atoms with Crippen LogP contribution in [0, 0.1) is 18.6 Å². The molecule has 3 aromatic carbocycles. The second-order valence-electron chi connectivity index (χ2n) is 13.6. The van der Waals surface area contributed by atoms with Gasteiger partial charge in [0.25, 0.3) is 5.56 Å². The summed E-state index contributed by atoms with van der Waals surface area (Å²) in [7, 11) is 0. The van der Waals surface area contributed by atoms with Gasteiger partial charge in [0.1, 0.15) is 35.3 Å². The van der Waals surface area contributed by atoms with Crippen molar-refractivity contribution in [3.05, 3.63) is 116 Å². The highest BCUT2D eigenvalue weighted by Crippen LogP contribution is 2.47. The van der Waals surface area contributed by atoms with Crippen molar-refractivity contribution in [1.82, 2.24) is 14.8 Å². The van der Waals surface area contributed by atoms with Crippen molar-refractivity contribution in [2.24, 2.45) is 0 Å². The molecule has 1 saturated carbocycles. The number of carboxylic acid groups (broad SMARTS) is 1. The number of aromatic nitrogens is 1. The first-order chi connectivity index (χ1) is 24.7. The van der Waals surface area contributed by atoms with Crippen molar-refractivity contribution in [3.63, 3.8) is 0 Å². The number of likely N-dealkylation sites (tertiary alicyclic amines) is 1. The first kappa shape index (κ1) is 35.3. The number of alkyl halides is 4. The number of carboxylic acids is 1. The van der Waals surface area contributed by atoms with Crippen LogP contribution >= 0.6 is 0 Å². The van der Waals surface area contributed by atoms with E-state index >= 15 is 8.78 Å². The molecular formula is C38H33F6N3O5. The number of fused-ring (bicyclic) bond motifs is 6. The fourth-order valence-electron chi connectivity index (χ4n) is 7.08. The molecule has 2 aliphatic heterocycles. The van der Waals surface area contributed by atoms with E-state index in [4.69, 9.17) is 4.74 Å². The first-order valence-electron chi connectivity index (χ1n) is 16.8. The fourth-order valence-corrected chi connectivity index (χ4v) is 7.08. The Morgan fingerprint density at radius 1 is 1.00 bits per heavy atom. The quantitative estimate of drug-likeness (QED) is 0.195. The van der Waals surface area contributed by atoms with Crippen LogP contribution in [0.2, 0.25) is 0 Å². The number of carbonyl (C=O) groups excluding carboxylic acids is 1. The maximum Gasteiger partial charge on any atom is 0.416 e. The summed E-state index contributed by atoms with van der Waals surface area (Å²) in [5.41, 5.74) is -1.57. The van der Waals surface area contributed by atoms with Gasteiger partial charge in [-0.1, -0.05) is 12.1 Å². The van der Waals surface area contributed by atoms with Gasteiger partial charge in [-0.05, 0) is 90.8 Å². The Morgan fingerprint density at radius 3 is 2.40 bits per heavy atom. The highest BCUT2D eigenvalue weighted by Gasteiger charge is 2.38. The molecule has 3 aliphatic rings. The molecule has 1 aromatic heterocycles. The van der Waals surface area contributed by atoms with Crippen LogP contribution in [-0.4, -0.2) is 52.3 Å². The zero-order chi connectivity index (χ0) is 37.1. The number of ether oxygens (including phenoxy) is 1. The zero-order valence-electron chi connectivity index (χ0n) is 27.8. The summed E-state index contributed by atoms with van der Waals surface area (Å²) in [6.45, 7) is 1.86. The summed E-state index contributed by atoms with van der Waals surface area (Å²) in [4.78, 5) is 41.8. The molecule has 14 heteroatoms. The Morgan fingerprint density at radius 2 is 1.73 bits per heavy atom. The molecule has 2 N–H and O–H groups in total. The van der Waals surface area contributed by atoms with Crippen LogP contribution in [0.1, 0.15) is 70.6 Å². The number of rotatable bonds is 7. The van der Waals surface area contributed by atoms with Crippen molar-refractivity contribution in [1.29, 1.82) is 0 Å². The van der Waals surface area contributed by atoms with Crippen LogP contribution in [0.25, 0.3) is 11.1 Å². The zero-order valence-corrected chi connectivity index (χ0v) is 27.8. The van der Waals surface area contributed by atoms with Crippen molar-refractivity contribution in [3.8, 4) is 22.6 Å². The van der Waals surface area contributed by atoms with E-state index in [-0.39, 0.29) is 49.0 Å². The molecule has 2 atom stereocenters.